The van der Waals surface area contributed by atoms with Crippen LogP contribution < -0.4 is 18.6 Å². The van der Waals surface area contributed by atoms with Crippen LogP contribution in [0.25, 0.3) is 0 Å². The van der Waals surface area contributed by atoms with Crippen LogP contribution >= 0.6 is 0 Å². The molecule has 2 aliphatic heterocycles. The summed E-state index contributed by atoms with van der Waals surface area (Å²) in [5.74, 6) is 8.63. The summed E-state index contributed by atoms with van der Waals surface area (Å²) in [6, 6.07) is 11.6. The summed E-state index contributed by atoms with van der Waals surface area (Å²) >= 11 is 0. The van der Waals surface area contributed by atoms with Gasteiger partial charge in [0.2, 0.25) is 0 Å². The van der Waals surface area contributed by atoms with Crippen LogP contribution in [0, 0.1) is 25.5 Å². The van der Waals surface area contributed by atoms with Gasteiger partial charge in [0.25, 0.3) is 0 Å². The molecule has 106 valence electrons. The van der Waals surface area contributed by atoms with Gasteiger partial charge in [-0.3, -0.25) is 0 Å². The van der Waals surface area contributed by atoms with E-state index in [0.29, 0.717) is 23.0 Å². The molecule has 0 amide bonds. The second-order valence-corrected chi connectivity index (χ2v) is 5.32. The molecule has 0 radical (unpaired) electrons. The zero-order valence-electron chi connectivity index (χ0n) is 12.3. The van der Waals surface area contributed by atoms with Crippen LogP contribution in [0.2, 0.25) is 0 Å². The van der Waals surface area contributed by atoms with Crippen LogP contribution in [-0.2, 0) is 0 Å². The van der Waals surface area contributed by atoms with E-state index in [1.807, 2.05) is 50.2 Å². The van der Waals surface area contributed by atoms with Crippen LogP contribution in [0.15, 0.2) is 36.4 Å². The predicted molar refractivity (Wildman–Crippen MR) is 84.2 cm³/mol. The predicted octanol–water partition coefficient (Wildman–Crippen LogP) is 2.60. The van der Waals surface area contributed by atoms with Gasteiger partial charge in [0.1, 0.15) is 23.0 Å². The molecule has 2 heterocycles. The highest BCUT2D eigenvalue weighted by molar-refractivity contribution is 6.63. The van der Waals surface area contributed by atoms with Crippen LogP contribution in [-0.4, -0.2) is 14.2 Å². The quantitative estimate of drug-likeness (QED) is 0.552. The Morgan fingerprint density at radius 1 is 0.636 bits per heavy atom. The lowest BCUT2D eigenvalue weighted by molar-refractivity contribution is 0.516. The summed E-state index contributed by atoms with van der Waals surface area (Å²) in [4.78, 5) is 0. The molecule has 0 bridgehead atoms. The molecule has 0 spiro atoms. The van der Waals surface area contributed by atoms with Crippen molar-refractivity contribution in [3.8, 4) is 34.6 Å². The highest BCUT2D eigenvalue weighted by atomic mass is 16.6. The van der Waals surface area contributed by atoms with E-state index in [9.17, 15) is 0 Å². The Labute approximate surface area is 129 Å². The van der Waals surface area contributed by atoms with Crippen molar-refractivity contribution >= 4 is 14.2 Å². The maximum Gasteiger partial charge on any atom is 0.689 e. The minimum absolute atomic E-state index is 0.630. The number of benzene rings is 2. The first kappa shape index (κ1) is 13.0. The monoisotopic (exact) mass is 290 g/mol. The summed E-state index contributed by atoms with van der Waals surface area (Å²) in [7, 11) is -1.26. The molecule has 0 aromatic heterocycles. The van der Waals surface area contributed by atoms with Crippen molar-refractivity contribution in [3.05, 3.63) is 47.5 Å². The second-order valence-electron chi connectivity index (χ2n) is 5.32. The number of rotatable bonds is 0. The van der Waals surface area contributed by atoms with Gasteiger partial charge < -0.3 is 18.6 Å². The fourth-order valence-corrected chi connectivity index (χ4v) is 2.37. The zero-order chi connectivity index (χ0) is 15.1. The summed E-state index contributed by atoms with van der Waals surface area (Å²) in [6.07, 6.45) is 0. The molecule has 4 rings (SSSR count). The van der Waals surface area contributed by atoms with E-state index in [1.165, 1.54) is 0 Å². The SMILES string of the molecule is Cc1ccc2c(c1)OB(C#CB1Oc3ccc(C)cc3O1)O2. The standard InChI is InChI=1S/C16H12B2O4/c1-11-3-5-13-15(9-11)21-17(19-13)7-8-18-20-14-6-4-12(2)10-16(14)22-18/h3-6,9-10H,1-2H3. The highest BCUT2D eigenvalue weighted by Gasteiger charge is 2.34. The molecule has 0 N–H and O–H groups in total. The molecule has 0 saturated carbocycles. The van der Waals surface area contributed by atoms with Crippen molar-refractivity contribution in [1.82, 2.24) is 0 Å². The minimum Gasteiger partial charge on any atom is -0.512 e. The first-order valence-electron chi connectivity index (χ1n) is 7.06. The van der Waals surface area contributed by atoms with Gasteiger partial charge in [-0.15, -0.1) is 0 Å². The van der Waals surface area contributed by atoms with Crippen molar-refractivity contribution < 1.29 is 18.6 Å². The summed E-state index contributed by atoms with van der Waals surface area (Å²) in [5, 5.41) is 0. The van der Waals surface area contributed by atoms with E-state index in [4.69, 9.17) is 18.6 Å². The van der Waals surface area contributed by atoms with E-state index >= 15 is 0 Å². The van der Waals surface area contributed by atoms with Crippen molar-refractivity contribution in [2.75, 3.05) is 0 Å². The number of aryl methyl sites for hydroxylation is 2. The fraction of sp³-hybridized carbons (Fsp3) is 0.125. The lowest BCUT2D eigenvalue weighted by atomic mass is 9.84. The Morgan fingerprint density at radius 2 is 1.05 bits per heavy atom. The van der Waals surface area contributed by atoms with Gasteiger partial charge in [-0.05, 0) is 49.2 Å². The van der Waals surface area contributed by atoms with Crippen LogP contribution in [0.4, 0.5) is 0 Å². The molecular formula is C16H12B2O4. The Bertz CT molecular complexity index is 744. The molecular weight excluding hydrogens is 278 g/mol. The highest BCUT2D eigenvalue weighted by Crippen LogP contribution is 2.35. The molecule has 0 atom stereocenters. The molecule has 6 heteroatoms. The largest absolute Gasteiger partial charge is 0.689 e. The second kappa shape index (κ2) is 4.96. The third-order valence-corrected chi connectivity index (χ3v) is 3.45. The average molecular weight is 290 g/mol. The van der Waals surface area contributed by atoms with E-state index < -0.39 is 14.2 Å². The van der Waals surface area contributed by atoms with E-state index in [2.05, 4.69) is 11.6 Å². The van der Waals surface area contributed by atoms with Crippen molar-refractivity contribution in [1.29, 1.82) is 0 Å². The topological polar surface area (TPSA) is 36.9 Å². The molecule has 2 aromatic carbocycles. The van der Waals surface area contributed by atoms with Gasteiger partial charge in [-0.25, -0.2) is 0 Å². The van der Waals surface area contributed by atoms with Gasteiger partial charge in [-0.1, -0.05) is 23.8 Å². The molecule has 0 unspecified atom stereocenters. The molecule has 2 aromatic rings. The van der Waals surface area contributed by atoms with Gasteiger partial charge in [-0.2, -0.15) is 0 Å². The van der Waals surface area contributed by atoms with Gasteiger partial charge in [0.15, 0.2) is 0 Å². The smallest absolute Gasteiger partial charge is 0.512 e. The van der Waals surface area contributed by atoms with Crippen LogP contribution in [0.5, 0.6) is 23.0 Å². The molecule has 0 aliphatic carbocycles. The maximum atomic E-state index is 5.64. The van der Waals surface area contributed by atoms with Crippen molar-refractivity contribution in [3.63, 3.8) is 0 Å². The normalized spacial score (nSPS) is 13.9. The Morgan fingerprint density at radius 3 is 1.50 bits per heavy atom. The lowest BCUT2D eigenvalue weighted by Gasteiger charge is -1.97. The van der Waals surface area contributed by atoms with Gasteiger partial charge in [0.05, 0.1) is 0 Å². The summed E-state index contributed by atoms with van der Waals surface area (Å²) in [5.41, 5.74) is 2.23. The Hall–Kier alpha value is -2.67. The van der Waals surface area contributed by atoms with Crippen molar-refractivity contribution in [2.45, 2.75) is 13.8 Å². The molecule has 4 nitrogen and oxygen atoms in total. The number of fused-ring (bicyclic) bond motifs is 2. The van der Waals surface area contributed by atoms with E-state index in [0.717, 1.165) is 11.1 Å². The van der Waals surface area contributed by atoms with Gasteiger partial charge in [0, 0.05) is 0 Å². The Balaban J connectivity index is 1.46. The molecule has 0 saturated heterocycles. The maximum absolute atomic E-state index is 5.64. The first-order valence-corrected chi connectivity index (χ1v) is 7.06. The fourth-order valence-electron chi connectivity index (χ4n) is 2.37. The van der Waals surface area contributed by atoms with E-state index in [-0.39, 0.29) is 0 Å². The zero-order valence-corrected chi connectivity index (χ0v) is 12.3. The number of hydrogen-bond donors (Lipinski definition) is 0. The molecule has 22 heavy (non-hydrogen) atoms. The third-order valence-electron chi connectivity index (χ3n) is 3.45. The van der Waals surface area contributed by atoms with Gasteiger partial charge >= 0.3 is 14.2 Å². The Kier molecular flexibility index (Phi) is 2.93. The van der Waals surface area contributed by atoms with E-state index in [1.54, 1.807) is 0 Å². The summed E-state index contributed by atoms with van der Waals surface area (Å²) < 4.78 is 22.5. The van der Waals surface area contributed by atoms with Crippen molar-refractivity contribution in [2.24, 2.45) is 0 Å². The van der Waals surface area contributed by atoms with Crippen LogP contribution in [0.3, 0.4) is 0 Å². The molecule has 2 aliphatic rings. The lowest BCUT2D eigenvalue weighted by Crippen LogP contribution is -2.27. The average Bonchev–Trinajstić information content (AvgIpc) is 3.07. The summed E-state index contributed by atoms with van der Waals surface area (Å²) in [6.45, 7) is 4.00. The first-order chi connectivity index (χ1) is 10.7. The number of hydrogen-bond acceptors (Lipinski definition) is 4. The van der Waals surface area contributed by atoms with Crippen LogP contribution in [0.1, 0.15) is 11.1 Å². The minimum atomic E-state index is -0.630. The third kappa shape index (κ3) is 2.35. The molecule has 0 fully saturated rings.